The second kappa shape index (κ2) is 11.2. The molecule has 2 unspecified atom stereocenters. The third kappa shape index (κ3) is 6.60. The fourth-order valence-electron chi connectivity index (χ4n) is 3.97. The van der Waals surface area contributed by atoms with Crippen LogP contribution in [0, 0.1) is 5.92 Å². The number of aliphatic imine (C=N–C) groups is 1. The molecule has 2 fully saturated rings. The van der Waals surface area contributed by atoms with Crippen molar-refractivity contribution in [2.24, 2.45) is 18.0 Å². The van der Waals surface area contributed by atoms with Gasteiger partial charge >= 0.3 is 0 Å². The number of likely N-dealkylation sites (tertiary alicyclic amines) is 1. The summed E-state index contributed by atoms with van der Waals surface area (Å²) in [5, 5.41) is 7.80. The zero-order valence-corrected chi connectivity index (χ0v) is 19.3. The number of hydrogen-bond donors (Lipinski definition) is 1. The Labute approximate surface area is 180 Å². The normalized spacial score (nSPS) is 24.6. The minimum Gasteiger partial charge on any atom is -0.370 e. The first kappa shape index (κ1) is 22.4. The van der Waals surface area contributed by atoms with E-state index in [2.05, 4.69) is 32.1 Å². The first-order valence-corrected chi connectivity index (χ1v) is 9.94. The number of piperidine rings is 1. The SMILES string of the molecule is CN=C(NCCCN1CCCC(C)C1)N1CCOC(c2cnn(C)c2)C1.I. The molecule has 27 heavy (non-hydrogen) atoms. The van der Waals surface area contributed by atoms with Crippen molar-refractivity contribution in [1.82, 2.24) is 24.9 Å². The molecule has 1 N–H and O–H groups in total. The third-order valence-electron chi connectivity index (χ3n) is 5.35. The second-order valence-electron chi connectivity index (χ2n) is 7.63. The number of halogens is 1. The zero-order chi connectivity index (χ0) is 18.4. The zero-order valence-electron chi connectivity index (χ0n) is 16.9. The van der Waals surface area contributed by atoms with Crippen LogP contribution in [0.4, 0.5) is 0 Å². The van der Waals surface area contributed by atoms with Crippen LogP contribution in [0.2, 0.25) is 0 Å². The Kier molecular flexibility index (Phi) is 9.31. The van der Waals surface area contributed by atoms with Gasteiger partial charge in [0.05, 0.1) is 19.3 Å². The first-order valence-electron chi connectivity index (χ1n) is 9.94. The van der Waals surface area contributed by atoms with Crippen molar-refractivity contribution in [3.8, 4) is 0 Å². The summed E-state index contributed by atoms with van der Waals surface area (Å²) in [4.78, 5) is 9.38. The predicted octanol–water partition coefficient (Wildman–Crippen LogP) is 2.11. The van der Waals surface area contributed by atoms with Crippen LogP contribution in [0.3, 0.4) is 0 Å². The van der Waals surface area contributed by atoms with Gasteiger partial charge in [0.25, 0.3) is 0 Å². The number of nitrogens with one attached hydrogen (secondary N) is 1. The Bertz CT molecular complexity index is 593. The van der Waals surface area contributed by atoms with Crippen molar-refractivity contribution < 1.29 is 4.74 Å². The van der Waals surface area contributed by atoms with Gasteiger partial charge in [-0.2, -0.15) is 5.10 Å². The Balaban J connectivity index is 0.00000261. The van der Waals surface area contributed by atoms with Gasteiger partial charge in [0, 0.05) is 45.5 Å². The maximum atomic E-state index is 5.93. The smallest absolute Gasteiger partial charge is 0.193 e. The van der Waals surface area contributed by atoms with Gasteiger partial charge in [-0.1, -0.05) is 6.92 Å². The van der Waals surface area contributed by atoms with Crippen LogP contribution in [0.25, 0.3) is 0 Å². The number of ether oxygens (including phenoxy) is 1. The van der Waals surface area contributed by atoms with Crippen LogP contribution in [-0.2, 0) is 11.8 Å². The van der Waals surface area contributed by atoms with Gasteiger partial charge in [0.15, 0.2) is 5.96 Å². The van der Waals surface area contributed by atoms with Gasteiger partial charge in [-0.25, -0.2) is 0 Å². The highest BCUT2D eigenvalue weighted by molar-refractivity contribution is 14.0. The molecule has 0 aromatic carbocycles. The second-order valence-corrected chi connectivity index (χ2v) is 7.63. The van der Waals surface area contributed by atoms with Crippen LogP contribution in [0.5, 0.6) is 0 Å². The largest absolute Gasteiger partial charge is 0.370 e. The van der Waals surface area contributed by atoms with Gasteiger partial charge in [-0.15, -0.1) is 24.0 Å². The average Bonchev–Trinajstić information content (AvgIpc) is 3.08. The summed E-state index contributed by atoms with van der Waals surface area (Å²) in [5.41, 5.74) is 1.13. The fraction of sp³-hybridized carbons (Fsp3) is 0.789. The molecule has 0 spiro atoms. The van der Waals surface area contributed by atoms with E-state index in [-0.39, 0.29) is 30.1 Å². The molecule has 2 atom stereocenters. The van der Waals surface area contributed by atoms with E-state index >= 15 is 0 Å². The van der Waals surface area contributed by atoms with E-state index in [1.54, 1.807) is 0 Å². The van der Waals surface area contributed by atoms with E-state index in [4.69, 9.17) is 4.74 Å². The molecule has 0 bridgehead atoms. The summed E-state index contributed by atoms with van der Waals surface area (Å²) >= 11 is 0. The van der Waals surface area contributed by atoms with Crippen LogP contribution in [0.1, 0.15) is 37.9 Å². The fourth-order valence-corrected chi connectivity index (χ4v) is 3.97. The van der Waals surface area contributed by atoms with E-state index in [1.165, 1.54) is 32.5 Å². The molecule has 1 aromatic rings. The number of hydrogen-bond acceptors (Lipinski definition) is 4. The lowest BCUT2D eigenvalue weighted by atomic mass is 10.0. The molecular formula is C19H35IN6O. The summed E-state index contributed by atoms with van der Waals surface area (Å²) in [5.74, 6) is 1.83. The van der Waals surface area contributed by atoms with Crippen molar-refractivity contribution in [2.75, 3.05) is 52.9 Å². The van der Waals surface area contributed by atoms with Gasteiger partial charge in [-0.05, 0) is 38.3 Å². The summed E-state index contributed by atoms with van der Waals surface area (Å²) in [6.07, 6.45) is 7.87. The van der Waals surface area contributed by atoms with Gasteiger partial charge in [0.2, 0.25) is 0 Å². The molecule has 0 aliphatic carbocycles. The van der Waals surface area contributed by atoms with Crippen LogP contribution in [-0.4, -0.2) is 78.5 Å². The molecule has 2 saturated heterocycles. The molecule has 3 rings (SSSR count). The maximum Gasteiger partial charge on any atom is 0.193 e. The number of aromatic nitrogens is 2. The van der Waals surface area contributed by atoms with E-state index in [1.807, 2.05) is 31.2 Å². The Hall–Kier alpha value is -0.870. The minimum atomic E-state index is 0. The summed E-state index contributed by atoms with van der Waals surface area (Å²) in [6.45, 7) is 9.42. The monoisotopic (exact) mass is 490 g/mol. The Morgan fingerprint density at radius 1 is 1.37 bits per heavy atom. The number of guanidine groups is 1. The molecule has 0 saturated carbocycles. The highest BCUT2D eigenvalue weighted by atomic mass is 127. The standard InChI is InChI=1S/C19H34N6O.HI/c1-16-6-4-8-24(13-16)9-5-7-21-19(20-2)25-10-11-26-18(15-25)17-12-22-23(3)14-17;/h12,14,16,18H,4-11,13,15H2,1-3H3,(H,20,21);1H. The van der Waals surface area contributed by atoms with Crippen molar-refractivity contribution in [3.63, 3.8) is 0 Å². The number of nitrogens with zero attached hydrogens (tertiary/aromatic N) is 5. The van der Waals surface area contributed by atoms with Crippen molar-refractivity contribution in [3.05, 3.63) is 18.0 Å². The average molecular weight is 490 g/mol. The summed E-state index contributed by atoms with van der Waals surface area (Å²) in [7, 11) is 3.80. The predicted molar refractivity (Wildman–Crippen MR) is 120 cm³/mol. The molecule has 3 heterocycles. The number of rotatable bonds is 5. The molecule has 1 aromatic heterocycles. The van der Waals surface area contributed by atoms with E-state index in [9.17, 15) is 0 Å². The molecule has 2 aliphatic heterocycles. The third-order valence-corrected chi connectivity index (χ3v) is 5.35. The van der Waals surface area contributed by atoms with E-state index in [0.717, 1.165) is 43.5 Å². The Morgan fingerprint density at radius 3 is 2.93 bits per heavy atom. The minimum absolute atomic E-state index is 0. The highest BCUT2D eigenvalue weighted by Crippen LogP contribution is 2.21. The number of morpholine rings is 1. The molecule has 154 valence electrons. The molecule has 8 heteroatoms. The summed E-state index contributed by atoms with van der Waals surface area (Å²) < 4.78 is 7.76. The van der Waals surface area contributed by atoms with Crippen LogP contribution in [0.15, 0.2) is 17.4 Å². The molecule has 7 nitrogen and oxygen atoms in total. The number of aryl methyl sites for hydroxylation is 1. The van der Waals surface area contributed by atoms with Gasteiger partial charge in [0.1, 0.15) is 6.10 Å². The lowest BCUT2D eigenvalue weighted by molar-refractivity contribution is -0.00803. The lowest BCUT2D eigenvalue weighted by Crippen LogP contribution is -2.48. The molecular weight excluding hydrogens is 455 g/mol. The Morgan fingerprint density at radius 2 is 2.22 bits per heavy atom. The van der Waals surface area contributed by atoms with E-state index in [0.29, 0.717) is 6.61 Å². The molecule has 0 amide bonds. The van der Waals surface area contributed by atoms with Crippen molar-refractivity contribution >= 4 is 29.9 Å². The van der Waals surface area contributed by atoms with Gasteiger partial charge < -0.3 is 19.9 Å². The summed E-state index contributed by atoms with van der Waals surface area (Å²) in [6, 6.07) is 0. The van der Waals surface area contributed by atoms with Crippen LogP contribution >= 0.6 is 24.0 Å². The lowest BCUT2D eigenvalue weighted by Gasteiger charge is -2.35. The van der Waals surface area contributed by atoms with Crippen LogP contribution < -0.4 is 5.32 Å². The van der Waals surface area contributed by atoms with E-state index < -0.39 is 0 Å². The first-order chi connectivity index (χ1) is 12.7. The maximum absolute atomic E-state index is 5.93. The van der Waals surface area contributed by atoms with Gasteiger partial charge in [-0.3, -0.25) is 9.67 Å². The molecule has 0 radical (unpaired) electrons. The molecule has 2 aliphatic rings. The quantitative estimate of drug-likeness (QED) is 0.297. The topological polar surface area (TPSA) is 57.9 Å². The highest BCUT2D eigenvalue weighted by Gasteiger charge is 2.25. The van der Waals surface area contributed by atoms with Crippen molar-refractivity contribution in [1.29, 1.82) is 0 Å². The van der Waals surface area contributed by atoms with Crippen molar-refractivity contribution in [2.45, 2.75) is 32.3 Å².